The lowest BCUT2D eigenvalue weighted by Gasteiger charge is -2.06. The van der Waals surface area contributed by atoms with Crippen molar-refractivity contribution in [2.75, 3.05) is 5.73 Å². The van der Waals surface area contributed by atoms with Gasteiger partial charge in [0.25, 0.3) is 11.8 Å². The van der Waals surface area contributed by atoms with Crippen molar-refractivity contribution in [1.29, 1.82) is 0 Å². The van der Waals surface area contributed by atoms with E-state index in [0.29, 0.717) is 22.4 Å². The monoisotopic (exact) mass is 344 g/mol. The van der Waals surface area contributed by atoms with E-state index in [-0.39, 0.29) is 5.95 Å². The summed E-state index contributed by atoms with van der Waals surface area (Å²) in [5, 5.41) is 5.16. The van der Waals surface area contributed by atoms with Crippen molar-refractivity contribution in [3.8, 4) is 22.3 Å². The smallest absolute Gasteiger partial charge is 0.269 e. The quantitative estimate of drug-likeness (QED) is 0.593. The number of rotatable bonds is 3. The molecule has 6 nitrogen and oxygen atoms in total. The molecule has 114 valence electrons. The molecule has 1 aromatic carbocycles. The van der Waals surface area contributed by atoms with Crippen molar-refractivity contribution < 1.29 is 9.26 Å². The van der Waals surface area contributed by atoms with Gasteiger partial charge in [-0.3, -0.25) is 4.98 Å². The first kappa shape index (κ1) is 14.0. The lowest BCUT2D eigenvalue weighted by molar-refractivity contribution is 0.434. The van der Waals surface area contributed by atoms with E-state index in [1.54, 1.807) is 36.7 Å². The number of nitrogens with two attached hydrogens (primary N) is 1. The molecule has 0 radical (unpaired) electrons. The van der Waals surface area contributed by atoms with Crippen LogP contribution in [0.4, 0.5) is 5.95 Å². The average Bonchev–Trinajstić information content (AvgIpc) is 3.16. The Kier molecular flexibility index (Phi) is 3.36. The van der Waals surface area contributed by atoms with Gasteiger partial charge in [-0.1, -0.05) is 11.6 Å². The zero-order valence-electron chi connectivity index (χ0n) is 11.6. The van der Waals surface area contributed by atoms with E-state index in [1.807, 2.05) is 6.07 Å². The van der Waals surface area contributed by atoms with Crippen molar-refractivity contribution in [2.24, 2.45) is 0 Å². The van der Waals surface area contributed by atoms with Crippen LogP contribution in [0.3, 0.4) is 0 Å². The predicted octanol–water partition coefficient (Wildman–Crippen LogP) is 4.37. The number of thiophene rings is 1. The SMILES string of the molecule is Nc1noc(-c2cc3c(Oc4ccc(Cl)cc4)cncc3s2)n1. The number of halogens is 1. The molecule has 0 fully saturated rings. The van der Waals surface area contributed by atoms with Crippen LogP contribution in [0.25, 0.3) is 20.9 Å². The number of fused-ring (bicyclic) bond motifs is 1. The minimum atomic E-state index is 0.105. The summed E-state index contributed by atoms with van der Waals surface area (Å²) in [6.07, 6.45) is 3.42. The maximum Gasteiger partial charge on any atom is 0.269 e. The molecule has 0 saturated carbocycles. The summed E-state index contributed by atoms with van der Waals surface area (Å²) in [6, 6.07) is 9.05. The fourth-order valence-electron chi connectivity index (χ4n) is 2.09. The minimum Gasteiger partial charge on any atom is -0.455 e. The van der Waals surface area contributed by atoms with Gasteiger partial charge in [0.1, 0.15) is 5.75 Å². The third-order valence-corrected chi connectivity index (χ3v) is 4.41. The summed E-state index contributed by atoms with van der Waals surface area (Å²) in [4.78, 5) is 9.04. The third kappa shape index (κ3) is 2.71. The van der Waals surface area contributed by atoms with Gasteiger partial charge in [0.15, 0.2) is 5.75 Å². The highest BCUT2D eigenvalue weighted by atomic mass is 35.5. The van der Waals surface area contributed by atoms with Gasteiger partial charge >= 0.3 is 0 Å². The highest BCUT2D eigenvalue weighted by Gasteiger charge is 2.14. The van der Waals surface area contributed by atoms with Crippen LogP contribution in [0.15, 0.2) is 47.2 Å². The van der Waals surface area contributed by atoms with Crippen LogP contribution in [0.5, 0.6) is 11.5 Å². The highest BCUT2D eigenvalue weighted by molar-refractivity contribution is 7.22. The molecule has 0 bridgehead atoms. The maximum absolute atomic E-state index is 5.90. The molecule has 0 atom stereocenters. The van der Waals surface area contributed by atoms with Crippen molar-refractivity contribution in [3.05, 3.63) is 47.7 Å². The van der Waals surface area contributed by atoms with Crippen molar-refractivity contribution in [3.63, 3.8) is 0 Å². The van der Waals surface area contributed by atoms with Crippen LogP contribution in [0, 0.1) is 0 Å². The lowest BCUT2D eigenvalue weighted by Crippen LogP contribution is -1.85. The number of pyridine rings is 1. The largest absolute Gasteiger partial charge is 0.455 e. The number of hydrogen-bond acceptors (Lipinski definition) is 7. The first-order valence-corrected chi connectivity index (χ1v) is 7.79. The first-order valence-electron chi connectivity index (χ1n) is 6.59. The average molecular weight is 345 g/mol. The molecular formula is C15H9ClN4O2S. The van der Waals surface area contributed by atoms with Gasteiger partial charge in [0.05, 0.1) is 15.8 Å². The van der Waals surface area contributed by atoms with Gasteiger partial charge < -0.3 is 15.0 Å². The molecule has 0 aliphatic carbocycles. The Labute approximate surface area is 139 Å². The van der Waals surface area contributed by atoms with E-state index in [1.165, 1.54) is 11.3 Å². The number of benzene rings is 1. The number of ether oxygens (including phenoxy) is 1. The molecule has 2 N–H and O–H groups in total. The van der Waals surface area contributed by atoms with Crippen LogP contribution >= 0.6 is 22.9 Å². The molecule has 3 aromatic heterocycles. The summed E-state index contributed by atoms with van der Waals surface area (Å²) in [7, 11) is 0. The van der Waals surface area contributed by atoms with Crippen molar-refractivity contribution in [2.45, 2.75) is 0 Å². The fraction of sp³-hybridized carbons (Fsp3) is 0. The van der Waals surface area contributed by atoms with Crippen molar-refractivity contribution in [1.82, 2.24) is 15.1 Å². The predicted molar refractivity (Wildman–Crippen MR) is 88.9 cm³/mol. The van der Waals surface area contributed by atoms with Gasteiger partial charge in [0.2, 0.25) is 0 Å². The Hall–Kier alpha value is -2.64. The fourth-order valence-corrected chi connectivity index (χ4v) is 3.18. The molecule has 0 saturated heterocycles. The minimum absolute atomic E-state index is 0.105. The number of nitrogens with zero attached hydrogens (tertiary/aromatic N) is 3. The summed E-state index contributed by atoms with van der Waals surface area (Å²) in [5.41, 5.74) is 5.50. The zero-order valence-corrected chi connectivity index (χ0v) is 13.1. The molecular weight excluding hydrogens is 336 g/mol. The normalized spacial score (nSPS) is 11.0. The van der Waals surface area contributed by atoms with Gasteiger partial charge in [-0.05, 0) is 35.5 Å². The van der Waals surface area contributed by atoms with E-state index in [4.69, 9.17) is 26.6 Å². The van der Waals surface area contributed by atoms with E-state index < -0.39 is 0 Å². The van der Waals surface area contributed by atoms with Crippen molar-refractivity contribution >= 4 is 39.0 Å². The molecule has 0 unspecified atom stereocenters. The van der Waals surface area contributed by atoms with Gasteiger partial charge in [-0.15, -0.1) is 11.3 Å². The molecule has 4 rings (SSSR count). The second-order valence-corrected chi connectivity index (χ2v) is 6.19. The molecule has 4 aromatic rings. The third-order valence-electron chi connectivity index (χ3n) is 3.10. The number of nitrogen functional groups attached to an aromatic ring is 1. The van der Waals surface area contributed by atoms with Crippen LogP contribution < -0.4 is 10.5 Å². The summed E-state index contributed by atoms with van der Waals surface area (Å²) < 4.78 is 11.9. The van der Waals surface area contributed by atoms with Crippen LogP contribution in [0.1, 0.15) is 0 Å². The van der Waals surface area contributed by atoms with Gasteiger partial charge in [-0.2, -0.15) is 4.98 Å². The lowest BCUT2D eigenvalue weighted by atomic mass is 10.3. The second-order valence-electron chi connectivity index (χ2n) is 4.67. The second kappa shape index (κ2) is 5.53. The topological polar surface area (TPSA) is 87.1 Å². The number of aromatic nitrogens is 3. The number of hydrogen-bond donors (Lipinski definition) is 1. The summed E-state index contributed by atoms with van der Waals surface area (Å²) in [6.45, 7) is 0. The van der Waals surface area contributed by atoms with Crippen LogP contribution in [0.2, 0.25) is 5.02 Å². The summed E-state index contributed by atoms with van der Waals surface area (Å²) >= 11 is 7.36. The molecule has 3 heterocycles. The number of anilines is 1. The van der Waals surface area contributed by atoms with E-state index >= 15 is 0 Å². The van der Waals surface area contributed by atoms with E-state index in [2.05, 4.69) is 15.1 Å². The Morgan fingerprint density at radius 2 is 2.00 bits per heavy atom. The van der Waals surface area contributed by atoms with Crippen LogP contribution in [-0.2, 0) is 0 Å². The molecule has 0 spiro atoms. The summed E-state index contributed by atoms with van der Waals surface area (Å²) in [5.74, 6) is 1.80. The molecule has 8 heteroatoms. The molecule has 0 aliphatic heterocycles. The van der Waals surface area contributed by atoms with Crippen LogP contribution in [-0.4, -0.2) is 15.1 Å². The highest BCUT2D eigenvalue weighted by Crippen LogP contribution is 2.38. The van der Waals surface area contributed by atoms with E-state index in [0.717, 1.165) is 15.0 Å². The zero-order chi connectivity index (χ0) is 15.8. The molecule has 0 amide bonds. The van der Waals surface area contributed by atoms with E-state index in [9.17, 15) is 0 Å². The molecule has 0 aliphatic rings. The Bertz CT molecular complexity index is 981. The van der Waals surface area contributed by atoms with Gasteiger partial charge in [0, 0.05) is 16.6 Å². The van der Waals surface area contributed by atoms with Gasteiger partial charge in [-0.25, -0.2) is 0 Å². The molecule has 23 heavy (non-hydrogen) atoms. The Morgan fingerprint density at radius 3 is 2.74 bits per heavy atom. The Balaban J connectivity index is 1.75. The maximum atomic E-state index is 5.90. The Morgan fingerprint density at radius 1 is 1.17 bits per heavy atom. The standard InChI is InChI=1S/C15H9ClN4O2S/c16-8-1-3-9(4-2-8)21-11-6-18-7-13-10(11)5-12(23-13)14-19-15(17)20-22-14/h1-7H,(H2,17,20). The first-order chi connectivity index (χ1) is 11.2.